The van der Waals surface area contributed by atoms with Gasteiger partial charge in [0.2, 0.25) is 5.56 Å². The fourth-order valence-corrected chi connectivity index (χ4v) is 1.77. The van der Waals surface area contributed by atoms with E-state index in [1.165, 1.54) is 32.4 Å². The van der Waals surface area contributed by atoms with Gasteiger partial charge in [-0.2, -0.15) is 0 Å². The molecule has 0 aromatic carbocycles. The van der Waals surface area contributed by atoms with Crippen LogP contribution in [0.4, 0.5) is 0 Å². The fourth-order valence-electron chi connectivity index (χ4n) is 0.815. The lowest BCUT2D eigenvalue weighted by Crippen LogP contribution is -2.27. The number of H-pyrrole nitrogens is 1. The topological polar surface area (TPSA) is 79.5 Å². The van der Waals surface area contributed by atoms with Crippen molar-refractivity contribution in [2.75, 3.05) is 14.2 Å². The summed E-state index contributed by atoms with van der Waals surface area (Å²) in [5, 5.41) is -0.200. The van der Waals surface area contributed by atoms with E-state index in [0.717, 1.165) is 0 Å². The van der Waals surface area contributed by atoms with Crippen molar-refractivity contribution < 1.29 is 13.3 Å². The van der Waals surface area contributed by atoms with Gasteiger partial charge < -0.3 is 4.98 Å². The molecule has 0 aliphatic rings. The molecule has 0 radical (unpaired) electrons. The number of nitrogens with one attached hydrogen (secondary N) is 1. The van der Waals surface area contributed by atoms with Crippen LogP contribution in [-0.4, -0.2) is 32.0 Å². The van der Waals surface area contributed by atoms with Crippen LogP contribution < -0.4 is 5.56 Å². The predicted octanol–water partition coefficient (Wildman–Crippen LogP) is -0.443. The summed E-state index contributed by atoms with van der Waals surface area (Å²) in [5.41, 5.74) is -0.476. The van der Waals surface area contributed by atoms with Crippen LogP contribution in [0, 0.1) is 0 Å². The van der Waals surface area contributed by atoms with Crippen molar-refractivity contribution in [3.8, 4) is 0 Å². The summed E-state index contributed by atoms with van der Waals surface area (Å²) in [5.74, 6) is 0. The minimum atomic E-state index is -3.76. The monoisotopic (exact) mass is 218 g/mol. The van der Waals surface area contributed by atoms with Gasteiger partial charge in [0.25, 0.3) is 10.0 Å². The standard InChI is InChI=1S/C7H10N2O4S/c1-9(13-2)14(11,12)7-5-3-4-6(10)8-7/h3-5H,1-2H3,(H,8,10). The number of nitrogens with zero attached hydrogens (tertiary/aromatic N) is 1. The Kier molecular flexibility index (Phi) is 3.04. The zero-order chi connectivity index (χ0) is 10.8. The molecule has 1 rings (SSSR count). The average Bonchev–Trinajstić information content (AvgIpc) is 2.16. The number of hydrogen-bond acceptors (Lipinski definition) is 4. The molecule has 78 valence electrons. The molecule has 1 N–H and O–H groups in total. The van der Waals surface area contributed by atoms with Gasteiger partial charge >= 0.3 is 0 Å². The van der Waals surface area contributed by atoms with E-state index in [0.29, 0.717) is 4.47 Å². The first-order valence-electron chi connectivity index (χ1n) is 3.71. The van der Waals surface area contributed by atoms with Crippen LogP contribution in [0.1, 0.15) is 0 Å². The van der Waals surface area contributed by atoms with Gasteiger partial charge in [0, 0.05) is 13.1 Å². The smallest absolute Gasteiger partial charge is 0.280 e. The van der Waals surface area contributed by atoms with Gasteiger partial charge in [-0.3, -0.25) is 9.63 Å². The maximum Gasteiger partial charge on any atom is 0.280 e. The molecule has 0 amide bonds. The Labute approximate surface area is 81.1 Å². The highest BCUT2D eigenvalue weighted by molar-refractivity contribution is 7.88. The van der Waals surface area contributed by atoms with Gasteiger partial charge in [-0.15, -0.1) is 0 Å². The van der Waals surface area contributed by atoms with E-state index in [-0.39, 0.29) is 5.03 Å². The third-order valence-corrected chi connectivity index (χ3v) is 3.24. The summed E-state index contributed by atoms with van der Waals surface area (Å²) in [6, 6.07) is 3.87. The van der Waals surface area contributed by atoms with Gasteiger partial charge in [0.15, 0.2) is 5.03 Å². The first kappa shape index (κ1) is 10.9. The first-order valence-corrected chi connectivity index (χ1v) is 5.15. The normalized spacial score (nSPS) is 11.9. The molecule has 0 saturated heterocycles. The van der Waals surface area contributed by atoms with Gasteiger partial charge in [-0.05, 0) is 6.07 Å². The van der Waals surface area contributed by atoms with Crippen molar-refractivity contribution in [3.63, 3.8) is 0 Å². The van der Waals surface area contributed by atoms with Gasteiger partial charge in [0.1, 0.15) is 0 Å². The summed E-state index contributed by atoms with van der Waals surface area (Å²) in [6.45, 7) is 0. The van der Waals surface area contributed by atoms with E-state index in [1.807, 2.05) is 0 Å². The Morgan fingerprint density at radius 2 is 2.07 bits per heavy atom. The minimum absolute atomic E-state index is 0.200. The molecule has 0 atom stereocenters. The summed E-state index contributed by atoms with van der Waals surface area (Å²) >= 11 is 0. The molecule has 6 nitrogen and oxygen atoms in total. The first-order chi connectivity index (χ1) is 6.48. The molecule has 1 aromatic rings. The van der Waals surface area contributed by atoms with Crippen LogP contribution in [0.25, 0.3) is 0 Å². The van der Waals surface area contributed by atoms with E-state index in [9.17, 15) is 13.2 Å². The fraction of sp³-hybridized carbons (Fsp3) is 0.286. The number of hydroxylamine groups is 1. The maximum absolute atomic E-state index is 11.5. The van der Waals surface area contributed by atoms with Crippen LogP contribution in [0.3, 0.4) is 0 Å². The van der Waals surface area contributed by atoms with Crippen molar-refractivity contribution in [3.05, 3.63) is 28.6 Å². The molecular formula is C7H10N2O4S. The largest absolute Gasteiger partial charge is 0.312 e. The molecule has 7 heteroatoms. The second-order valence-electron chi connectivity index (χ2n) is 2.48. The highest BCUT2D eigenvalue weighted by Crippen LogP contribution is 2.08. The number of hydrogen-bond donors (Lipinski definition) is 1. The minimum Gasteiger partial charge on any atom is -0.312 e. The van der Waals surface area contributed by atoms with Crippen LogP contribution in [0.15, 0.2) is 28.0 Å². The third kappa shape index (κ3) is 2.00. The maximum atomic E-state index is 11.5. The Morgan fingerprint density at radius 1 is 1.43 bits per heavy atom. The summed E-state index contributed by atoms with van der Waals surface area (Å²) in [7, 11) is -1.30. The summed E-state index contributed by atoms with van der Waals surface area (Å²) in [4.78, 5) is 17.6. The molecule has 0 saturated carbocycles. The van der Waals surface area contributed by atoms with E-state index >= 15 is 0 Å². The lowest BCUT2D eigenvalue weighted by atomic mass is 10.5. The molecule has 1 heterocycles. The lowest BCUT2D eigenvalue weighted by Gasteiger charge is -2.13. The van der Waals surface area contributed by atoms with Gasteiger partial charge in [0.05, 0.1) is 7.11 Å². The molecule has 14 heavy (non-hydrogen) atoms. The predicted molar refractivity (Wildman–Crippen MR) is 49.0 cm³/mol. The van der Waals surface area contributed by atoms with Crippen molar-refractivity contribution in [2.45, 2.75) is 5.03 Å². The Morgan fingerprint density at radius 3 is 2.57 bits per heavy atom. The number of aromatic nitrogens is 1. The van der Waals surface area contributed by atoms with Crippen molar-refractivity contribution in [1.82, 2.24) is 9.45 Å². The van der Waals surface area contributed by atoms with Crippen LogP contribution >= 0.6 is 0 Å². The Balaban J connectivity index is 3.24. The van der Waals surface area contributed by atoms with Crippen molar-refractivity contribution >= 4 is 10.0 Å². The average molecular weight is 218 g/mol. The number of pyridine rings is 1. The second-order valence-corrected chi connectivity index (χ2v) is 4.38. The van der Waals surface area contributed by atoms with Crippen molar-refractivity contribution in [1.29, 1.82) is 0 Å². The highest BCUT2D eigenvalue weighted by Gasteiger charge is 2.21. The third-order valence-electron chi connectivity index (χ3n) is 1.62. The van der Waals surface area contributed by atoms with E-state index in [1.54, 1.807) is 0 Å². The molecule has 1 aromatic heterocycles. The van der Waals surface area contributed by atoms with E-state index in [2.05, 4.69) is 9.82 Å². The van der Waals surface area contributed by atoms with Gasteiger partial charge in [-0.25, -0.2) is 8.42 Å². The molecular weight excluding hydrogens is 208 g/mol. The Bertz CT molecular complexity index is 465. The summed E-state index contributed by atoms with van der Waals surface area (Å²) < 4.78 is 23.8. The molecule has 0 bridgehead atoms. The van der Waals surface area contributed by atoms with Gasteiger partial charge in [-0.1, -0.05) is 10.5 Å². The zero-order valence-corrected chi connectivity index (χ0v) is 8.54. The zero-order valence-electron chi connectivity index (χ0n) is 7.72. The molecule has 0 fully saturated rings. The van der Waals surface area contributed by atoms with Crippen molar-refractivity contribution in [2.24, 2.45) is 0 Å². The number of rotatable bonds is 3. The molecule has 0 spiro atoms. The highest BCUT2D eigenvalue weighted by atomic mass is 32.2. The number of aromatic amines is 1. The van der Waals surface area contributed by atoms with E-state index in [4.69, 9.17) is 0 Å². The number of sulfonamides is 1. The van der Waals surface area contributed by atoms with Crippen LogP contribution in [0.2, 0.25) is 0 Å². The Hall–Kier alpha value is -1.18. The molecule has 0 aliphatic carbocycles. The second kappa shape index (κ2) is 3.91. The SMILES string of the molecule is CON(C)S(=O)(=O)c1cccc(=O)[nH]1. The van der Waals surface area contributed by atoms with E-state index < -0.39 is 15.6 Å². The quantitative estimate of drug-likeness (QED) is 0.697. The molecule has 0 unspecified atom stereocenters. The summed E-state index contributed by atoms with van der Waals surface area (Å²) in [6.07, 6.45) is 0. The van der Waals surface area contributed by atoms with Crippen LogP contribution in [-0.2, 0) is 14.9 Å². The lowest BCUT2D eigenvalue weighted by molar-refractivity contribution is -0.0261. The van der Waals surface area contributed by atoms with Crippen LogP contribution in [0.5, 0.6) is 0 Å². The molecule has 0 aliphatic heterocycles.